The highest BCUT2D eigenvalue weighted by molar-refractivity contribution is 7.22. The van der Waals surface area contributed by atoms with Gasteiger partial charge in [-0.1, -0.05) is 0 Å². The second-order valence-corrected chi connectivity index (χ2v) is 10.6. The number of hydrogen-bond acceptors (Lipinski definition) is 9. The minimum absolute atomic E-state index is 0.122. The van der Waals surface area contributed by atoms with Gasteiger partial charge < -0.3 is 14.6 Å². The normalized spacial score (nSPS) is 16.4. The van der Waals surface area contributed by atoms with Gasteiger partial charge in [0.1, 0.15) is 22.2 Å². The van der Waals surface area contributed by atoms with Gasteiger partial charge in [0.15, 0.2) is 0 Å². The van der Waals surface area contributed by atoms with Crippen LogP contribution >= 0.6 is 11.3 Å². The van der Waals surface area contributed by atoms with Crippen molar-refractivity contribution in [3.8, 4) is 22.2 Å². The standard InChI is InChI=1S/C27H24N6O4S/c1-14-7-17(23-20(8-14)31-22(36-4)12-30-23)25-32-19-5-6-21-18(24(19)38-25)9-27(3,37-21)13-33(26(34)35)16-10-28-15(2)29-11-16/h5-8,10-12H,9,13H2,1-4H3,(H,34,35). The summed E-state index contributed by atoms with van der Waals surface area (Å²) in [4.78, 5) is 35.7. The molecule has 1 aliphatic rings. The zero-order valence-electron chi connectivity index (χ0n) is 21.2. The fraction of sp³-hybridized carbons (Fsp3) is 0.259. The molecule has 2 aromatic carbocycles. The molecule has 6 rings (SSSR count). The minimum Gasteiger partial charge on any atom is -0.485 e. The lowest BCUT2D eigenvalue weighted by Gasteiger charge is -2.30. The van der Waals surface area contributed by atoms with E-state index >= 15 is 0 Å². The van der Waals surface area contributed by atoms with Crippen LogP contribution in [-0.4, -0.2) is 55.4 Å². The highest BCUT2D eigenvalue weighted by Crippen LogP contribution is 2.44. The van der Waals surface area contributed by atoms with E-state index in [0.29, 0.717) is 23.8 Å². The summed E-state index contributed by atoms with van der Waals surface area (Å²) in [6.07, 6.45) is 4.08. The maximum absolute atomic E-state index is 12.1. The van der Waals surface area contributed by atoms with Crippen molar-refractivity contribution in [1.29, 1.82) is 0 Å². The Morgan fingerprint density at radius 1 is 1.13 bits per heavy atom. The number of aromatic nitrogens is 5. The Morgan fingerprint density at radius 2 is 1.92 bits per heavy atom. The molecule has 1 aliphatic heterocycles. The molecule has 0 radical (unpaired) electrons. The van der Waals surface area contributed by atoms with Crippen LogP contribution < -0.4 is 14.4 Å². The number of nitrogens with zero attached hydrogens (tertiary/aromatic N) is 6. The van der Waals surface area contributed by atoms with Crippen molar-refractivity contribution in [3.63, 3.8) is 0 Å². The summed E-state index contributed by atoms with van der Waals surface area (Å²) in [6, 6.07) is 7.89. The molecule has 38 heavy (non-hydrogen) atoms. The topological polar surface area (TPSA) is 123 Å². The van der Waals surface area contributed by atoms with E-state index in [1.807, 2.05) is 32.0 Å². The number of rotatable bonds is 5. The molecule has 11 heteroatoms. The van der Waals surface area contributed by atoms with Crippen molar-refractivity contribution in [2.24, 2.45) is 0 Å². The predicted molar refractivity (Wildman–Crippen MR) is 144 cm³/mol. The van der Waals surface area contributed by atoms with Gasteiger partial charge in [-0.15, -0.1) is 11.3 Å². The molecule has 1 unspecified atom stereocenters. The summed E-state index contributed by atoms with van der Waals surface area (Å²) >= 11 is 1.57. The van der Waals surface area contributed by atoms with Gasteiger partial charge in [0.05, 0.1) is 59.2 Å². The van der Waals surface area contributed by atoms with Crippen LogP contribution in [0.1, 0.15) is 23.9 Å². The smallest absolute Gasteiger partial charge is 0.412 e. The van der Waals surface area contributed by atoms with Crippen LogP contribution in [0.2, 0.25) is 0 Å². The highest BCUT2D eigenvalue weighted by Gasteiger charge is 2.40. The van der Waals surface area contributed by atoms with Crippen LogP contribution in [0.15, 0.2) is 42.9 Å². The van der Waals surface area contributed by atoms with Crippen LogP contribution in [-0.2, 0) is 6.42 Å². The molecule has 3 aromatic heterocycles. The lowest BCUT2D eigenvalue weighted by molar-refractivity contribution is 0.119. The number of anilines is 1. The first-order valence-corrected chi connectivity index (χ1v) is 12.8. The molecule has 192 valence electrons. The van der Waals surface area contributed by atoms with Gasteiger partial charge in [-0.2, -0.15) is 0 Å². The number of amides is 1. The number of hydrogen-bond donors (Lipinski definition) is 1. The van der Waals surface area contributed by atoms with Gasteiger partial charge in [0.2, 0.25) is 5.88 Å². The lowest BCUT2D eigenvalue weighted by atomic mass is 9.98. The minimum atomic E-state index is -1.09. The molecule has 0 saturated carbocycles. The molecule has 5 aromatic rings. The van der Waals surface area contributed by atoms with Gasteiger partial charge in [0, 0.05) is 17.5 Å². The number of aryl methyl sites for hydroxylation is 2. The van der Waals surface area contributed by atoms with Gasteiger partial charge in [-0.25, -0.2) is 29.7 Å². The number of thiazole rings is 1. The molecule has 0 spiro atoms. The molecule has 4 heterocycles. The van der Waals surface area contributed by atoms with Gasteiger partial charge >= 0.3 is 6.09 Å². The molecule has 0 fully saturated rings. The van der Waals surface area contributed by atoms with Crippen molar-refractivity contribution >= 4 is 44.4 Å². The molecule has 0 aliphatic carbocycles. The Labute approximate surface area is 222 Å². The number of carbonyl (C=O) groups is 1. The van der Waals surface area contributed by atoms with E-state index in [1.165, 1.54) is 17.3 Å². The Bertz CT molecular complexity index is 1720. The molecule has 0 bridgehead atoms. The first-order chi connectivity index (χ1) is 18.2. The number of ether oxygens (including phenoxy) is 2. The fourth-order valence-corrected chi connectivity index (χ4v) is 5.93. The Hall–Kier alpha value is -4.38. The summed E-state index contributed by atoms with van der Waals surface area (Å²) in [6.45, 7) is 5.81. The van der Waals surface area contributed by atoms with Gasteiger partial charge in [-0.3, -0.25) is 4.90 Å². The molecule has 1 N–H and O–H groups in total. The first kappa shape index (κ1) is 24.0. The maximum Gasteiger partial charge on any atom is 0.412 e. The summed E-state index contributed by atoms with van der Waals surface area (Å²) < 4.78 is 12.6. The molecule has 0 saturated heterocycles. The SMILES string of the molecule is COc1cnc2c(-c3nc4ccc5c(c4s3)CC(C)(CN(C(=O)O)c3cnc(C)nc3)O5)cc(C)cc2n1. The van der Waals surface area contributed by atoms with E-state index in [1.54, 1.807) is 31.6 Å². The zero-order chi connectivity index (χ0) is 26.6. The van der Waals surface area contributed by atoms with Crippen LogP contribution in [0.25, 0.3) is 31.8 Å². The van der Waals surface area contributed by atoms with Crippen LogP contribution in [0.3, 0.4) is 0 Å². The fourth-order valence-electron chi connectivity index (χ4n) is 4.81. The van der Waals surface area contributed by atoms with E-state index in [-0.39, 0.29) is 6.54 Å². The quantitative estimate of drug-likeness (QED) is 0.328. The highest BCUT2D eigenvalue weighted by atomic mass is 32.1. The average molecular weight is 529 g/mol. The predicted octanol–water partition coefficient (Wildman–Crippen LogP) is 5.20. The van der Waals surface area contributed by atoms with E-state index < -0.39 is 11.7 Å². The molecular weight excluding hydrogens is 504 g/mol. The van der Waals surface area contributed by atoms with Crippen LogP contribution in [0.4, 0.5) is 10.5 Å². The summed E-state index contributed by atoms with van der Waals surface area (Å²) in [5.41, 5.74) is 4.95. The van der Waals surface area contributed by atoms with Crippen molar-refractivity contribution in [2.45, 2.75) is 32.8 Å². The van der Waals surface area contributed by atoms with Crippen LogP contribution in [0, 0.1) is 13.8 Å². The second kappa shape index (κ2) is 8.88. The Balaban J connectivity index is 1.37. The summed E-state index contributed by atoms with van der Waals surface area (Å²) in [7, 11) is 1.57. The van der Waals surface area contributed by atoms with E-state index in [4.69, 9.17) is 14.5 Å². The number of methoxy groups -OCH3 is 1. The third-order valence-electron chi connectivity index (χ3n) is 6.54. The summed E-state index contributed by atoms with van der Waals surface area (Å²) in [5, 5.41) is 10.8. The van der Waals surface area contributed by atoms with E-state index in [9.17, 15) is 9.90 Å². The first-order valence-electron chi connectivity index (χ1n) is 12.0. The molecule has 1 amide bonds. The molecular formula is C27H24N6O4S. The third-order valence-corrected chi connectivity index (χ3v) is 7.70. The van der Waals surface area contributed by atoms with Crippen molar-refractivity contribution in [3.05, 3.63) is 59.8 Å². The Morgan fingerprint density at radius 3 is 2.66 bits per heavy atom. The number of benzene rings is 2. The summed E-state index contributed by atoms with van der Waals surface area (Å²) in [5.74, 6) is 1.77. The van der Waals surface area contributed by atoms with Crippen LogP contribution in [0.5, 0.6) is 11.6 Å². The Kier molecular flexibility index (Phi) is 5.60. The van der Waals surface area contributed by atoms with Crippen molar-refractivity contribution in [2.75, 3.05) is 18.6 Å². The molecule has 10 nitrogen and oxygen atoms in total. The largest absolute Gasteiger partial charge is 0.485 e. The number of carboxylic acid groups (broad SMARTS) is 1. The van der Waals surface area contributed by atoms with E-state index in [0.717, 1.165) is 48.7 Å². The van der Waals surface area contributed by atoms with Crippen molar-refractivity contribution in [1.82, 2.24) is 24.9 Å². The van der Waals surface area contributed by atoms with Gasteiger partial charge in [0.25, 0.3) is 0 Å². The lowest BCUT2D eigenvalue weighted by Crippen LogP contribution is -2.46. The molecule has 1 atom stereocenters. The average Bonchev–Trinajstić information content (AvgIpc) is 3.47. The van der Waals surface area contributed by atoms with Crippen molar-refractivity contribution < 1.29 is 19.4 Å². The third kappa shape index (κ3) is 4.14. The zero-order valence-corrected chi connectivity index (χ0v) is 22.0. The monoisotopic (exact) mass is 528 g/mol. The second-order valence-electron chi connectivity index (χ2n) is 9.59. The number of fused-ring (bicyclic) bond motifs is 4. The maximum atomic E-state index is 12.1. The van der Waals surface area contributed by atoms with Gasteiger partial charge in [-0.05, 0) is 50.6 Å². The van der Waals surface area contributed by atoms with E-state index in [2.05, 4.69) is 26.0 Å².